The van der Waals surface area contributed by atoms with Gasteiger partial charge >= 0.3 is 5.97 Å². The number of aromatic nitrogens is 2. The maximum absolute atomic E-state index is 10.7. The van der Waals surface area contributed by atoms with Gasteiger partial charge in [-0.25, -0.2) is 4.79 Å². The molecule has 0 unspecified atom stereocenters. The Morgan fingerprint density at radius 2 is 2.27 bits per heavy atom. The highest BCUT2D eigenvalue weighted by Crippen LogP contribution is 2.17. The Balaban J connectivity index is 2.66. The molecule has 15 heavy (non-hydrogen) atoms. The van der Waals surface area contributed by atoms with Crippen LogP contribution in [0.3, 0.4) is 0 Å². The molecule has 0 aliphatic heterocycles. The number of nitrogens with two attached hydrogens (primary N) is 1. The number of rotatable bonds is 2. The van der Waals surface area contributed by atoms with Crippen LogP contribution in [0.25, 0.3) is 10.9 Å². The molecule has 0 aliphatic carbocycles. The predicted molar refractivity (Wildman–Crippen MR) is 54.1 cm³/mol. The van der Waals surface area contributed by atoms with E-state index < -0.39 is 5.97 Å². The molecular weight excluding hydrogens is 196 g/mol. The zero-order valence-electron chi connectivity index (χ0n) is 7.61. The molecule has 6 heteroatoms. The largest absolute Gasteiger partial charge is 0.476 e. The van der Waals surface area contributed by atoms with Gasteiger partial charge < -0.3 is 10.8 Å². The normalized spacial score (nSPS) is 10.4. The molecule has 0 saturated carbocycles. The molecule has 0 spiro atoms. The van der Waals surface area contributed by atoms with Gasteiger partial charge in [0.15, 0.2) is 5.69 Å². The van der Waals surface area contributed by atoms with Crippen LogP contribution in [0.4, 0.5) is 0 Å². The van der Waals surface area contributed by atoms with Crippen LogP contribution in [0, 0.1) is 5.41 Å². The summed E-state index contributed by atoms with van der Waals surface area (Å²) in [6.45, 7) is 0. The summed E-state index contributed by atoms with van der Waals surface area (Å²) < 4.78 is 0. The number of benzene rings is 1. The lowest BCUT2D eigenvalue weighted by molar-refractivity contribution is 0.0692. The Bertz CT molecular complexity index is 558. The topological polar surface area (TPSA) is 116 Å². The maximum Gasteiger partial charge on any atom is 0.357 e. The molecular formula is C9H8N4O2. The van der Waals surface area contributed by atoms with Crippen molar-refractivity contribution in [3.63, 3.8) is 0 Å². The first-order chi connectivity index (χ1) is 7.09. The number of carbonyl (C=O) groups is 1. The van der Waals surface area contributed by atoms with Crippen molar-refractivity contribution in [3.8, 4) is 0 Å². The minimum absolute atomic E-state index is 0.0277. The van der Waals surface area contributed by atoms with Gasteiger partial charge in [-0.3, -0.25) is 10.5 Å². The number of carboxylic acids is 1. The van der Waals surface area contributed by atoms with E-state index in [2.05, 4.69) is 10.2 Å². The lowest BCUT2D eigenvalue weighted by Crippen LogP contribution is -2.10. The van der Waals surface area contributed by atoms with Crippen molar-refractivity contribution >= 4 is 22.7 Å². The first-order valence-electron chi connectivity index (χ1n) is 4.15. The molecule has 1 heterocycles. The van der Waals surface area contributed by atoms with E-state index in [0.717, 1.165) is 0 Å². The van der Waals surface area contributed by atoms with Gasteiger partial charge in [-0.2, -0.15) is 5.10 Å². The third-order valence-corrected chi connectivity index (χ3v) is 2.08. The van der Waals surface area contributed by atoms with Gasteiger partial charge in [0.25, 0.3) is 0 Å². The number of fused-ring (bicyclic) bond motifs is 1. The number of aromatic carboxylic acids is 1. The van der Waals surface area contributed by atoms with Crippen LogP contribution in [0.5, 0.6) is 0 Å². The highest BCUT2D eigenvalue weighted by Gasteiger charge is 2.12. The van der Waals surface area contributed by atoms with Gasteiger partial charge in [-0.15, -0.1) is 0 Å². The first-order valence-corrected chi connectivity index (χ1v) is 4.15. The second-order valence-electron chi connectivity index (χ2n) is 3.05. The number of aromatic amines is 1. The molecule has 0 atom stereocenters. The van der Waals surface area contributed by atoms with Crippen LogP contribution in [-0.2, 0) is 0 Å². The van der Waals surface area contributed by atoms with E-state index in [9.17, 15) is 4.79 Å². The van der Waals surface area contributed by atoms with E-state index in [4.69, 9.17) is 16.2 Å². The van der Waals surface area contributed by atoms with E-state index in [1.165, 1.54) is 0 Å². The fourth-order valence-electron chi connectivity index (χ4n) is 1.35. The molecule has 1 aromatic carbocycles. The van der Waals surface area contributed by atoms with Gasteiger partial charge in [-0.1, -0.05) is 6.07 Å². The average molecular weight is 204 g/mol. The van der Waals surface area contributed by atoms with Crippen molar-refractivity contribution in [1.29, 1.82) is 5.41 Å². The number of nitrogen functional groups attached to an aromatic ring is 1. The molecule has 76 valence electrons. The number of amidine groups is 1. The minimum Gasteiger partial charge on any atom is -0.476 e. The van der Waals surface area contributed by atoms with Crippen molar-refractivity contribution in [2.45, 2.75) is 0 Å². The average Bonchev–Trinajstić information content (AvgIpc) is 2.59. The lowest BCUT2D eigenvalue weighted by Gasteiger charge is -1.97. The van der Waals surface area contributed by atoms with Crippen LogP contribution in [0.1, 0.15) is 16.1 Å². The Morgan fingerprint density at radius 3 is 2.87 bits per heavy atom. The Labute approximate surface area is 84.2 Å². The minimum atomic E-state index is -1.09. The van der Waals surface area contributed by atoms with Crippen LogP contribution in [0.2, 0.25) is 0 Å². The van der Waals surface area contributed by atoms with E-state index in [1.54, 1.807) is 18.2 Å². The first kappa shape index (κ1) is 9.20. The smallest absolute Gasteiger partial charge is 0.357 e. The number of hydrogen-bond acceptors (Lipinski definition) is 3. The van der Waals surface area contributed by atoms with E-state index >= 15 is 0 Å². The molecule has 2 rings (SSSR count). The van der Waals surface area contributed by atoms with Crippen molar-refractivity contribution in [2.24, 2.45) is 5.73 Å². The molecule has 0 saturated heterocycles. The summed E-state index contributed by atoms with van der Waals surface area (Å²) in [7, 11) is 0. The van der Waals surface area contributed by atoms with E-state index in [-0.39, 0.29) is 11.5 Å². The summed E-state index contributed by atoms with van der Waals surface area (Å²) in [6, 6.07) is 4.77. The Morgan fingerprint density at radius 1 is 1.53 bits per heavy atom. The summed E-state index contributed by atoms with van der Waals surface area (Å²) in [6.07, 6.45) is 0. The molecule has 6 nitrogen and oxygen atoms in total. The summed E-state index contributed by atoms with van der Waals surface area (Å²) in [4.78, 5) is 10.7. The number of nitrogens with zero attached hydrogens (tertiary/aromatic N) is 1. The number of hydrogen-bond donors (Lipinski definition) is 4. The predicted octanol–water partition coefficient (Wildman–Crippen LogP) is 0.545. The van der Waals surface area contributed by atoms with Crippen molar-refractivity contribution in [3.05, 3.63) is 29.5 Å². The lowest BCUT2D eigenvalue weighted by atomic mass is 10.1. The Kier molecular flexibility index (Phi) is 1.89. The van der Waals surface area contributed by atoms with Gasteiger partial charge in [0.1, 0.15) is 5.84 Å². The number of carboxylic acid groups (broad SMARTS) is 1. The zero-order valence-corrected chi connectivity index (χ0v) is 7.61. The van der Waals surface area contributed by atoms with E-state index in [1.807, 2.05) is 0 Å². The second-order valence-corrected chi connectivity index (χ2v) is 3.05. The summed E-state index contributed by atoms with van der Waals surface area (Å²) in [5.74, 6) is -1.15. The van der Waals surface area contributed by atoms with Crippen LogP contribution >= 0.6 is 0 Å². The molecule has 0 aliphatic rings. The van der Waals surface area contributed by atoms with Crippen molar-refractivity contribution < 1.29 is 9.90 Å². The van der Waals surface area contributed by atoms with Crippen molar-refractivity contribution in [1.82, 2.24) is 10.2 Å². The standard InChI is InChI=1S/C9H8N4O2/c10-8(11)4-1-2-5-6(3-4)12-13-7(5)9(14)15/h1-3H,(H3,10,11)(H,12,13)(H,14,15). The monoisotopic (exact) mass is 204 g/mol. The fourth-order valence-corrected chi connectivity index (χ4v) is 1.35. The highest BCUT2D eigenvalue weighted by molar-refractivity contribution is 6.04. The molecule has 2 aromatic rings. The van der Waals surface area contributed by atoms with Gasteiger partial charge in [-0.05, 0) is 12.1 Å². The Hall–Kier alpha value is -2.37. The van der Waals surface area contributed by atoms with Crippen LogP contribution in [0.15, 0.2) is 18.2 Å². The number of H-pyrrole nitrogens is 1. The zero-order chi connectivity index (χ0) is 11.0. The summed E-state index contributed by atoms with van der Waals surface area (Å²) in [5, 5.41) is 22.8. The van der Waals surface area contributed by atoms with Crippen molar-refractivity contribution in [2.75, 3.05) is 0 Å². The highest BCUT2D eigenvalue weighted by atomic mass is 16.4. The van der Waals surface area contributed by atoms with Gasteiger partial charge in [0.05, 0.1) is 5.52 Å². The number of nitrogens with one attached hydrogen (secondary N) is 2. The van der Waals surface area contributed by atoms with Gasteiger partial charge in [0, 0.05) is 10.9 Å². The molecule has 0 radical (unpaired) electrons. The SMILES string of the molecule is N=C(N)c1ccc2c(C(=O)O)n[nH]c2c1. The fraction of sp³-hybridized carbons (Fsp3) is 0. The van der Waals surface area contributed by atoms with Crippen LogP contribution < -0.4 is 5.73 Å². The molecule has 0 bridgehead atoms. The summed E-state index contributed by atoms with van der Waals surface area (Å²) >= 11 is 0. The summed E-state index contributed by atoms with van der Waals surface area (Å²) in [5.41, 5.74) is 6.36. The van der Waals surface area contributed by atoms with Crippen LogP contribution in [-0.4, -0.2) is 27.1 Å². The molecule has 1 aromatic heterocycles. The quantitative estimate of drug-likeness (QED) is 0.422. The maximum atomic E-state index is 10.7. The second kappa shape index (κ2) is 3.09. The molecule has 0 amide bonds. The third kappa shape index (κ3) is 1.41. The molecule has 0 fully saturated rings. The van der Waals surface area contributed by atoms with Gasteiger partial charge in [0.2, 0.25) is 0 Å². The van der Waals surface area contributed by atoms with E-state index in [0.29, 0.717) is 16.5 Å². The molecule has 5 N–H and O–H groups in total. The third-order valence-electron chi connectivity index (χ3n) is 2.08.